The van der Waals surface area contributed by atoms with Gasteiger partial charge in [-0.2, -0.15) is 0 Å². The third-order valence-corrected chi connectivity index (χ3v) is 6.10. The van der Waals surface area contributed by atoms with Gasteiger partial charge >= 0.3 is 6.03 Å². The second-order valence-electron chi connectivity index (χ2n) is 6.86. The van der Waals surface area contributed by atoms with Gasteiger partial charge in [0.05, 0.1) is 17.2 Å². The maximum atomic E-state index is 13.1. The number of hydrogen-bond donors (Lipinski definition) is 2. The number of anilines is 1. The van der Waals surface area contributed by atoms with Gasteiger partial charge in [-0.25, -0.2) is 9.78 Å². The number of carbonyl (C=O) groups excluding carboxylic acids is 4. The van der Waals surface area contributed by atoms with E-state index < -0.39 is 29.9 Å². The quantitative estimate of drug-likeness (QED) is 0.582. The Morgan fingerprint density at radius 3 is 2.83 bits per heavy atom. The lowest BCUT2D eigenvalue weighted by atomic mass is 9.84. The zero-order chi connectivity index (χ0) is 20.8. The summed E-state index contributed by atoms with van der Waals surface area (Å²) in [6.45, 7) is 2.91. The Morgan fingerprint density at radius 2 is 2.10 bits per heavy atom. The number of ketones is 1. The van der Waals surface area contributed by atoms with Crippen molar-refractivity contribution in [1.29, 1.82) is 0 Å². The Morgan fingerprint density at radius 1 is 1.34 bits per heavy atom. The highest BCUT2D eigenvalue weighted by molar-refractivity contribution is 7.17. The Kier molecular flexibility index (Phi) is 4.58. The highest BCUT2D eigenvalue weighted by Gasteiger charge is 2.55. The summed E-state index contributed by atoms with van der Waals surface area (Å²) in [4.78, 5) is 55.1. The van der Waals surface area contributed by atoms with Crippen molar-refractivity contribution in [3.05, 3.63) is 40.4 Å². The molecule has 3 heterocycles. The van der Waals surface area contributed by atoms with Crippen LogP contribution in [0.5, 0.6) is 5.75 Å². The molecule has 1 fully saturated rings. The van der Waals surface area contributed by atoms with Crippen molar-refractivity contribution in [1.82, 2.24) is 15.2 Å². The highest BCUT2D eigenvalue weighted by Crippen LogP contribution is 2.40. The number of urea groups is 1. The number of amides is 4. The monoisotopic (exact) mass is 414 g/mol. The summed E-state index contributed by atoms with van der Waals surface area (Å²) in [6, 6.07) is 6.39. The molecule has 2 aliphatic heterocycles. The van der Waals surface area contributed by atoms with Crippen LogP contribution in [-0.4, -0.2) is 46.7 Å². The number of benzene rings is 1. The fourth-order valence-corrected chi connectivity index (χ4v) is 4.47. The number of thiazole rings is 1. The van der Waals surface area contributed by atoms with Crippen LogP contribution in [0.3, 0.4) is 0 Å². The van der Waals surface area contributed by atoms with Crippen LogP contribution in [0, 0.1) is 6.92 Å². The fraction of sp³-hybridized carbons (Fsp3) is 0.316. The highest BCUT2D eigenvalue weighted by atomic mass is 32.1. The summed E-state index contributed by atoms with van der Waals surface area (Å²) < 4.78 is 5.59. The van der Waals surface area contributed by atoms with E-state index in [2.05, 4.69) is 15.6 Å². The second-order valence-corrected chi connectivity index (χ2v) is 7.86. The molecule has 1 aromatic heterocycles. The summed E-state index contributed by atoms with van der Waals surface area (Å²) in [5.74, 6) is -0.675. The van der Waals surface area contributed by atoms with Gasteiger partial charge in [0.1, 0.15) is 12.3 Å². The number of aryl methyl sites for hydroxylation is 1. The van der Waals surface area contributed by atoms with Crippen LogP contribution in [0.1, 0.15) is 34.3 Å². The van der Waals surface area contributed by atoms with Crippen LogP contribution >= 0.6 is 11.3 Å². The molecule has 10 heteroatoms. The van der Waals surface area contributed by atoms with Gasteiger partial charge in [-0.3, -0.25) is 19.3 Å². The van der Waals surface area contributed by atoms with Gasteiger partial charge in [0.25, 0.3) is 5.91 Å². The normalized spacial score (nSPS) is 20.3. The predicted molar refractivity (Wildman–Crippen MR) is 104 cm³/mol. The number of fused-ring (bicyclic) bond motifs is 2. The van der Waals surface area contributed by atoms with E-state index in [0.29, 0.717) is 21.9 Å². The van der Waals surface area contributed by atoms with E-state index in [9.17, 15) is 19.2 Å². The standard InChI is InChI=1S/C19H18N4O5S/c1-10-15(11(2)24)29-17(20-10)21-14(25)9-23-16(26)19(22-18(23)27)7-8-28-13-6-4-3-5-12(13)19/h3-6H,7-9H2,1-2H3,(H,22,27)(H,20,21,25). The lowest BCUT2D eigenvalue weighted by molar-refractivity contribution is -0.135. The minimum atomic E-state index is -1.23. The number of aromatic nitrogens is 1. The van der Waals surface area contributed by atoms with Gasteiger partial charge in [-0.1, -0.05) is 29.5 Å². The van der Waals surface area contributed by atoms with Gasteiger partial charge in [0, 0.05) is 18.9 Å². The van der Waals surface area contributed by atoms with Gasteiger partial charge in [-0.15, -0.1) is 0 Å². The number of para-hydroxylation sites is 1. The molecule has 4 rings (SSSR count). The maximum Gasteiger partial charge on any atom is 0.325 e. The van der Waals surface area contributed by atoms with Crippen molar-refractivity contribution < 1.29 is 23.9 Å². The molecule has 1 saturated heterocycles. The Hall–Kier alpha value is -3.27. The predicted octanol–water partition coefficient (Wildman–Crippen LogP) is 1.82. The van der Waals surface area contributed by atoms with E-state index in [0.717, 1.165) is 16.2 Å². The van der Waals surface area contributed by atoms with Gasteiger partial charge in [0.15, 0.2) is 16.5 Å². The molecule has 2 aromatic rings. The lowest BCUT2D eigenvalue weighted by Crippen LogP contribution is -2.48. The van der Waals surface area contributed by atoms with Crippen LogP contribution in [0.2, 0.25) is 0 Å². The molecule has 1 atom stereocenters. The van der Waals surface area contributed by atoms with Crippen LogP contribution in [-0.2, 0) is 15.1 Å². The maximum absolute atomic E-state index is 13.1. The van der Waals surface area contributed by atoms with E-state index in [1.807, 2.05) is 0 Å². The van der Waals surface area contributed by atoms with Gasteiger partial charge in [-0.05, 0) is 13.0 Å². The molecule has 1 unspecified atom stereocenters. The largest absolute Gasteiger partial charge is 0.493 e. The zero-order valence-corrected chi connectivity index (χ0v) is 16.6. The number of ether oxygens (including phenoxy) is 1. The van der Waals surface area contributed by atoms with E-state index >= 15 is 0 Å². The van der Waals surface area contributed by atoms with Crippen LogP contribution < -0.4 is 15.4 Å². The Balaban J connectivity index is 1.53. The summed E-state index contributed by atoms with van der Waals surface area (Å²) in [6.07, 6.45) is 0.278. The third-order valence-electron chi connectivity index (χ3n) is 4.92. The SMILES string of the molecule is CC(=O)c1sc(NC(=O)CN2C(=O)NC3(CCOc4ccccc43)C2=O)nc1C. The van der Waals surface area contributed by atoms with Crippen molar-refractivity contribution in [2.24, 2.45) is 0 Å². The molecule has 1 spiro atoms. The van der Waals surface area contributed by atoms with E-state index in [4.69, 9.17) is 4.74 Å². The second kappa shape index (κ2) is 6.96. The third kappa shape index (κ3) is 3.15. The van der Waals surface area contributed by atoms with E-state index in [-0.39, 0.29) is 23.9 Å². The number of rotatable bonds is 4. The molecule has 2 aliphatic rings. The Labute approximate surface area is 170 Å². The van der Waals surface area contributed by atoms with Gasteiger partial charge in [0.2, 0.25) is 5.91 Å². The number of carbonyl (C=O) groups is 4. The van der Waals surface area contributed by atoms with Crippen LogP contribution in [0.4, 0.5) is 9.93 Å². The number of Topliss-reactive ketones (excluding diaryl/α,β-unsaturated/α-hetero) is 1. The number of nitrogens with zero attached hydrogens (tertiary/aromatic N) is 2. The number of imide groups is 1. The molecule has 9 nitrogen and oxygen atoms in total. The fourth-order valence-electron chi connectivity index (χ4n) is 3.59. The minimum Gasteiger partial charge on any atom is -0.493 e. The first-order valence-electron chi connectivity index (χ1n) is 8.96. The molecule has 150 valence electrons. The van der Waals surface area contributed by atoms with Crippen molar-refractivity contribution in [3.8, 4) is 5.75 Å². The van der Waals surface area contributed by atoms with Crippen LogP contribution in [0.25, 0.3) is 0 Å². The summed E-state index contributed by atoms with van der Waals surface area (Å²) in [5.41, 5.74) is -0.133. The molecule has 0 bridgehead atoms. The van der Waals surface area contributed by atoms with Gasteiger partial charge < -0.3 is 15.4 Å². The first kappa shape index (κ1) is 19.1. The van der Waals surface area contributed by atoms with Crippen molar-refractivity contribution in [2.75, 3.05) is 18.5 Å². The van der Waals surface area contributed by atoms with Crippen molar-refractivity contribution >= 4 is 40.1 Å². The molecule has 1 aromatic carbocycles. The summed E-state index contributed by atoms with van der Waals surface area (Å²) in [7, 11) is 0. The van der Waals surface area contributed by atoms with Crippen LogP contribution in [0.15, 0.2) is 24.3 Å². The first-order chi connectivity index (χ1) is 13.8. The summed E-state index contributed by atoms with van der Waals surface area (Å²) in [5, 5.41) is 5.54. The first-order valence-corrected chi connectivity index (χ1v) is 9.78. The molecule has 29 heavy (non-hydrogen) atoms. The number of hydrogen-bond acceptors (Lipinski definition) is 7. The topological polar surface area (TPSA) is 118 Å². The molecule has 0 aliphatic carbocycles. The molecule has 4 amide bonds. The Bertz CT molecular complexity index is 1050. The molecule has 0 saturated carbocycles. The lowest BCUT2D eigenvalue weighted by Gasteiger charge is -2.33. The minimum absolute atomic E-state index is 0.144. The van der Waals surface area contributed by atoms with Crippen molar-refractivity contribution in [2.45, 2.75) is 25.8 Å². The smallest absolute Gasteiger partial charge is 0.325 e. The average molecular weight is 414 g/mol. The van der Waals surface area contributed by atoms with E-state index in [1.165, 1.54) is 6.92 Å². The molecule has 2 N–H and O–H groups in total. The van der Waals surface area contributed by atoms with Crippen molar-refractivity contribution in [3.63, 3.8) is 0 Å². The zero-order valence-electron chi connectivity index (χ0n) is 15.8. The molecular weight excluding hydrogens is 396 g/mol. The number of nitrogens with one attached hydrogen (secondary N) is 2. The average Bonchev–Trinajstić information content (AvgIpc) is 3.15. The van der Waals surface area contributed by atoms with E-state index in [1.54, 1.807) is 31.2 Å². The summed E-state index contributed by atoms with van der Waals surface area (Å²) >= 11 is 1.05. The molecular formula is C19H18N4O5S. The molecule has 0 radical (unpaired) electrons.